The molecule has 18 heavy (non-hydrogen) atoms. The number of halogens is 1. The van der Waals surface area contributed by atoms with Crippen LogP contribution in [0.1, 0.15) is 44.5 Å². The van der Waals surface area contributed by atoms with Crippen molar-refractivity contribution in [1.29, 1.82) is 0 Å². The van der Waals surface area contributed by atoms with Gasteiger partial charge in [-0.05, 0) is 26.2 Å². The molecule has 0 radical (unpaired) electrons. The van der Waals surface area contributed by atoms with E-state index in [1.165, 1.54) is 6.33 Å². The van der Waals surface area contributed by atoms with Gasteiger partial charge in [-0.2, -0.15) is 5.10 Å². The molecule has 0 spiro atoms. The van der Waals surface area contributed by atoms with E-state index in [4.69, 9.17) is 5.73 Å². The Morgan fingerprint density at radius 1 is 1.61 bits per heavy atom. The standard InChI is InChI=1S/C11H19N5O.ClH/c1-7(10-13-6-14-16-10)15-11(17)8-3-2-4-9(12)5-8;/h6-9H,2-5,12H2,1H3,(H,15,17)(H,13,14,16);1H. The summed E-state index contributed by atoms with van der Waals surface area (Å²) < 4.78 is 0. The average Bonchev–Trinajstić information content (AvgIpc) is 2.82. The summed E-state index contributed by atoms with van der Waals surface area (Å²) in [5.74, 6) is 0.798. The molecule has 3 unspecified atom stereocenters. The molecule has 0 bridgehead atoms. The molecule has 1 aliphatic carbocycles. The number of hydrogen-bond acceptors (Lipinski definition) is 4. The zero-order valence-electron chi connectivity index (χ0n) is 10.4. The number of H-pyrrole nitrogens is 1. The molecule has 0 saturated heterocycles. The molecule has 0 aromatic carbocycles. The highest BCUT2D eigenvalue weighted by molar-refractivity contribution is 5.85. The number of nitrogens with one attached hydrogen (secondary N) is 2. The Labute approximate surface area is 113 Å². The van der Waals surface area contributed by atoms with Crippen molar-refractivity contribution in [3.63, 3.8) is 0 Å². The molecule has 1 saturated carbocycles. The zero-order valence-corrected chi connectivity index (χ0v) is 11.2. The summed E-state index contributed by atoms with van der Waals surface area (Å²) >= 11 is 0. The summed E-state index contributed by atoms with van der Waals surface area (Å²) in [7, 11) is 0. The van der Waals surface area contributed by atoms with Crippen LogP contribution < -0.4 is 11.1 Å². The molecule has 4 N–H and O–H groups in total. The second kappa shape index (κ2) is 6.70. The van der Waals surface area contributed by atoms with Crippen molar-refractivity contribution in [2.24, 2.45) is 11.7 Å². The van der Waals surface area contributed by atoms with Gasteiger partial charge in [-0.1, -0.05) is 6.42 Å². The SMILES string of the molecule is CC(NC(=O)C1CCCC(N)C1)c1ncn[nH]1.Cl. The summed E-state index contributed by atoms with van der Waals surface area (Å²) in [6.45, 7) is 1.89. The largest absolute Gasteiger partial charge is 0.346 e. The lowest BCUT2D eigenvalue weighted by Crippen LogP contribution is -2.38. The van der Waals surface area contributed by atoms with Crippen molar-refractivity contribution in [3.05, 3.63) is 12.2 Å². The fourth-order valence-electron chi connectivity index (χ4n) is 2.29. The van der Waals surface area contributed by atoms with Gasteiger partial charge in [0.2, 0.25) is 5.91 Å². The predicted molar refractivity (Wildman–Crippen MR) is 70.1 cm³/mol. The molecule has 1 aromatic rings. The fraction of sp³-hybridized carbons (Fsp3) is 0.727. The molecule has 2 rings (SSSR count). The number of rotatable bonds is 3. The molecule has 7 heteroatoms. The first-order valence-corrected chi connectivity index (χ1v) is 6.08. The number of hydrogen-bond donors (Lipinski definition) is 3. The summed E-state index contributed by atoms with van der Waals surface area (Å²) in [6.07, 6.45) is 5.23. The summed E-state index contributed by atoms with van der Waals surface area (Å²) in [6, 6.07) is 0.0308. The number of nitrogens with two attached hydrogens (primary N) is 1. The normalized spacial score (nSPS) is 25.0. The van der Waals surface area contributed by atoms with Crippen molar-refractivity contribution in [1.82, 2.24) is 20.5 Å². The van der Waals surface area contributed by atoms with Crippen LogP contribution in [0.4, 0.5) is 0 Å². The van der Waals surface area contributed by atoms with Gasteiger partial charge in [0.05, 0.1) is 6.04 Å². The van der Waals surface area contributed by atoms with Crippen LogP contribution in [0.5, 0.6) is 0 Å². The Kier molecular flexibility index (Phi) is 5.55. The molecule has 1 aliphatic rings. The maximum atomic E-state index is 12.0. The van der Waals surface area contributed by atoms with Crippen LogP contribution in [0, 0.1) is 5.92 Å². The van der Waals surface area contributed by atoms with Gasteiger partial charge in [-0.15, -0.1) is 12.4 Å². The highest BCUT2D eigenvalue weighted by atomic mass is 35.5. The van der Waals surface area contributed by atoms with Crippen LogP contribution in [0.2, 0.25) is 0 Å². The number of amides is 1. The first kappa shape index (κ1) is 14.9. The Morgan fingerprint density at radius 2 is 2.39 bits per heavy atom. The van der Waals surface area contributed by atoms with Crippen LogP contribution in [0.25, 0.3) is 0 Å². The van der Waals surface area contributed by atoms with E-state index in [0.29, 0.717) is 5.82 Å². The van der Waals surface area contributed by atoms with E-state index in [0.717, 1.165) is 25.7 Å². The Balaban J connectivity index is 0.00000162. The second-order valence-corrected chi connectivity index (χ2v) is 4.72. The van der Waals surface area contributed by atoms with Crippen molar-refractivity contribution in [3.8, 4) is 0 Å². The van der Waals surface area contributed by atoms with Crippen LogP contribution in [0.3, 0.4) is 0 Å². The first-order chi connectivity index (χ1) is 8.16. The molecule has 6 nitrogen and oxygen atoms in total. The number of aromatic amines is 1. The lowest BCUT2D eigenvalue weighted by Gasteiger charge is -2.26. The third-order valence-corrected chi connectivity index (χ3v) is 3.29. The molecule has 0 aliphatic heterocycles. The van der Waals surface area contributed by atoms with Crippen molar-refractivity contribution in [2.75, 3.05) is 0 Å². The monoisotopic (exact) mass is 273 g/mol. The van der Waals surface area contributed by atoms with E-state index < -0.39 is 0 Å². The molecule has 1 aromatic heterocycles. The molecular weight excluding hydrogens is 254 g/mol. The number of carbonyl (C=O) groups is 1. The van der Waals surface area contributed by atoms with Crippen LogP contribution in [0.15, 0.2) is 6.33 Å². The van der Waals surface area contributed by atoms with E-state index >= 15 is 0 Å². The molecule has 1 fully saturated rings. The van der Waals surface area contributed by atoms with E-state index in [-0.39, 0.29) is 36.3 Å². The van der Waals surface area contributed by atoms with Crippen molar-refractivity contribution < 1.29 is 4.79 Å². The number of nitrogens with zero attached hydrogens (tertiary/aromatic N) is 2. The summed E-state index contributed by atoms with van der Waals surface area (Å²) in [5, 5.41) is 9.47. The average molecular weight is 274 g/mol. The van der Waals surface area contributed by atoms with E-state index in [9.17, 15) is 4.79 Å². The van der Waals surface area contributed by atoms with E-state index in [1.807, 2.05) is 6.92 Å². The van der Waals surface area contributed by atoms with Crippen LogP contribution >= 0.6 is 12.4 Å². The van der Waals surface area contributed by atoms with Crippen LogP contribution in [-0.2, 0) is 4.79 Å². The Hall–Kier alpha value is -1.14. The summed E-state index contributed by atoms with van der Waals surface area (Å²) in [4.78, 5) is 16.0. The molecular formula is C11H20ClN5O. The topological polar surface area (TPSA) is 96.7 Å². The zero-order chi connectivity index (χ0) is 12.3. The first-order valence-electron chi connectivity index (χ1n) is 6.08. The van der Waals surface area contributed by atoms with Gasteiger partial charge < -0.3 is 11.1 Å². The van der Waals surface area contributed by atoms with Gasteiger partial charge in [0.1, 0.15) is 12.2 Å². The smallest absolute Gasteiger partial charge is 0.223 e. The Morgan fingerprint density at radius 3 is 3.00 bits per heavy atom. The minimum absolute atomic E-state index is 0. The van der Waals surface area contributed by atoms with Crippen LogP contribution in [-0.4, -0.2) is 27.1 Å². The van der Waals surface area contributed by atoms with Gasteiger partial charge in [0, 0.05) is 12.0 Å². The highest BCUT2D eigenvalue weighted by Crippen LogP contribution is 2.23. The van der Waals surface area contributed by atoms with Crippen molar-refractivity contribution in [2.45, 2.75) is 44.7 Å². The van der Waals surface area contributed by atoms with Gasteiger partial charge in [0.15, 0.2) is 0 Å². The second-order valence-electron chi connectivity index (χ2n) is 4.72. The van der Waals surface area contributed by atoms with Crippen molar-refractivity contribution >= 4 is 18.3 Å². The van der Waals surface area contributed by atoms with Gasteiger partial charge >= 0.3 is 0 Å². The van der Waals surface area contributed by atoms with E-state index in [2.05, 4.69) is 20.5 Å². The maximum Gasteiger partial charge on any atom is 0.223 e. The van der Waals surface area contributed by atoms with Gasteiger partial charge in [-0.25, -0.2) is 4.98 Å². The van der Waals surface area contributed by atoms with Gasteiger partial charge in [0.25, 0.3) is 0 Å². The minimum atomic E-state index is -0.136. The highest BCUT2D eigenvalue weighted by Gasteiger charge is 2.26. The van der Waals surface area contributed by atoms with Gasteiger partial charge in [-0.3, -0.25) is 9.89 Å². The lowest BCUT2D eigenvalue weighted by atomic mass is 9.85. The molecule has 102 valence electrons. The van der Waals surface area contributed by atoms with E-state index in [1.54, 1.807) is 0 Å². The minimum Gasteiger partial charge on any atom is -0.346 e. The molecule has 3 atom stereocenters. The fourth-order valence-corrected chi connectivity index (χ4v) is 2.29. The third kappa shape index (κ3) is 3.68. The maximum absolute atomic E-state index is 12.0. The number of carbonyl (C=O) groups excluding carboxylic acids is 1. The number of aromatic nitrogens is 3. The quantitative estimate of drug-likeness (QED) is 0.763. The third-order valence-electron chi connectivity index (χ3n) is 3.29. The molecule has 1 amide bonds. The predicted octanol–water partition coefficient (Wildman–Crippen LogP) is 0.921. The summed E-state index contributed by atoms with van der Waals surface area (Å²) in [5.41, 5.74) is 5.88. The Bertz CT molecular complexity index is 370. The molecule has 1 heterocycles. The lowest BCUT2D eigenvalue weighted by molar-refractivity contribution is -0.126.